The number of rotatable bonds is 4. The maximum Gasteiger partial charge on any atom is 0.354 e. The fourth-order valence-corrected chi connectivity index (χ4v) is 2.28. The van der Waals surface area contributed by atoms with Gasteiger partial charge in [-0.3, -0.25) is 0 Å². The van der Waals surface area contributed by atoms with Crippen LogP contribution in [0.5, 0.6) is 5.75 Å². The van der Waals surface area contributed by atoms with Crippen molar-refractivity contribution < 1.29 is 19.8 Å². The first-order valence-electron chi connectivity index (χ1n) is 7.55. The molecule has 0 amide bonds. The zero-order chi connectivity index (χ0) is 18.8. The van der Waals surface area contributed by atoms with Gasteiger partial charge >= 0.3 is 5.97 Å². The highest BCUT2D eigenvalue weighted by atomic mass is 79.9. The lowest BCUT2D eigenvalue weighted by atomic mass is 10.0. The number of carbonyl (C=O) groups is 1. The third-order valence-corrected chi connectivity index (χ3v) is 4.03. The highest BCUT2D eigenvalue weighted by molar-refractivity contribution is 9.10. The highest BCUT2D eigenvalue weighted by Crippen LogP contribution is 2.24. The van der Waals surface area contributed by atoms with Crippen molar-refractivity contribution in [3.05, 3.63) is 57.3 Å². The van der Waals surface area contributed by atoms with Crippen LogP contribution in [0.1, 0.15) is 48.1 Å². The first-order valence-corrected chi connectivity index (χ1v) is 8.34. The molecule has 0 bridgehead atoms. The van der Waals surface area contributed by atoms with E-state index in [-0.39, 0.29) is 22.8 Å². The van der Waals surface area contributed by atoms with Crippen LogP contribution < -0.4 is 0 Å². The van der Waals surface area contributed by atoms with Crippen molar-refractivity contribution in [3.63, 3.8) is 0 Å². The summed E-state index contributed by atoms with van der Waals surface area (Å²) in [6.45, 7) is 7.44. The van der Waals surface area contributed by atoms with Crippen LogP contribution in [0.4, 0.5) is 0 Å². The van der Waals surface area contributed by atoms with Crippen LogP contribution in [-0.2, 0) is 4.84 Å². The van der Waals surface area contributed by atoms with Crippen molar-refractivity contribution in [1.82, 2.24) is 4.98 Å². The molecular formula is C18H19BrN2O4. The van der Waals surface area contributed by atoms with E-state index in [0.29, 0.717) is 5.56 Å². The molecule has 2 rings (SSSR count). The SMILES string of the molecule is Cc1ccc(/C(=N/OC(C)(C)C)c2nc(C(=O)O)ccc2O)cc1Br. The van der Waals surface area contributed by atoms with Crippen LogP contribution >= 0.6 is 15.9 Å². The van der Waals surface area contributed by atoms with E-state index in [1.165, 1.54) is 12.1 Å². The van der Waals surface area contributed by atoms with Gasteiger partial charge in [0.1, 0.15) is 28.5 Å². The number of halogens is 1. The minimum atomic E-state index is -1.19. The summed E-state index contributed by atoms with van der Waals surface area (Å²) in [7, 11) is 0. The van der Waals surface area contributed by atoms with Gasteiger partial charge in [-0.2, -0.15) is 0 Å². The van der Waals surface area contributed by atoms with Crippen molar-refractivity contribution >= 4 is 27.6 Å². The number of nitrogens with zero attached hydrogens (tertiary/aromatic N) is 2. The lowest BCUT2D eigenvalue weighted by Gasteiger charge is -2.17. The van der Waals surface area contributed by atoms with Gasteiger partial charge in [0.2, 0.25) is 0 Å². The fourth-order valence-electron chi connectivity index (χ4n) is 1.90. The van der Waals surface area contributed by atoms with Gasteiger partial charge in [0.25, 0.3) is 0 Å². The molecule has 6 nitrogen and oxygen atoms in total. The topological polar surface area (TPSA) is 92.0 Å². The predicted molar refractivity (Wildman–Crippen MR) is 98.2 cm³/mol. The van der Waals surface area contributed by atoms with E-state index in [4.69, 9.17) is 9.94 Å². The minimum absolute atomic E-state index is 0.0416. The van der Waals surface area contributed by atoms with Gasteiger partial charge < -0.3 is 15.1 Å². The maximum absolute atomic E-state index is 11.2. The smallest absolute Gasteiger partial charge is 0.354 e. The first kappa shape index (κ1) is 18.9. The van der Waals surface area contributed by atoms with Crippen LogP contribution in [0.15, 0.2) is 40.0 Å². The van der Waals surface area contributed by atoms with E-state index in [9.17, 15) is 9.90 Å². The Kier molecular flexibility index (Phi) is 5.47. The molecule has 1 heterocycles. The minimum Gasteiger partial charge on any atom is -0.506 e. The molecule has 0 aliphatic heterocycles. The molecule has 0 radical (unpaired) electrons. The molecule has 0 aliphatic rings. The maximum atomic E-state index is 11.2. The largest absolute Gasteiger partial charge is 0.506 e. The monoisotopic (exact) mass is 406 g/mol. The van der Waals surface area contributed by atoms with E-state index < -0.39 is 11.6 Å². The molecule has 132 valence electrons. The number of hydrogen-bond donors (Lipinski definition) is 2. The third kappa shape index (κ3) is 4.79. The number of aromatic hydroxyl groups is 1. The van der Waals surface area contributed by atoms with Gasteiger partial charge in [-0.1, -0.05) is 33.2 Å². The molecule has 1 aromatic carbocycles. The third-order valence-electron chi connectivity index (χ3n) is 3.17. The summed E-state index contributed by atoms with van der Waals surface area (Å²) < 4.78 is 0.849. The zero-order valence-corrected chi connectivity index (χ0v) is 16.0. The number of aromatic carboxylic acids is 1. The second-order valence-corrected chi connectivity index (χ2v) is 7.33. The number of pyridine rings is 1. The summed E-state index contributed by atoms with van der Waals surface area (Å²) in [4.78, 5) is 20.7. The Morgan fingerprint density at radius 3 is 2.48 bits per heavy atom. The molecule has 0 unspecified atom stereocenters. The molecule has 0 fully saturated rings. The summed E-state index contributed by atoms with van der Waals surface area (Å²) in [5, 5.41) is 23.5. The number of carboxylic acids is 1. The number of oxime groups is 1. The van der Waals surface area contributed by atoms with Crippen LogP contribution in [0.2, 0.25) is 0 Å². The molecule has 0 aliphatic carbocycles. The average molecular weight is 407 g/mol. The quantitative estimate of drug-likeness (QED) is 0.588. The van der Waals surface area contributed by atoms with Crippen molar-refractivity contribution in [2.75, 3.05) is 0 Å². The van der Waals surface area contributed by atoms with Gasteiger partial charge in [-0.25, -0.2) is 9.78 Å². The average Bonchev–Trinajstić information content (AvgIpc) is 2.51. The van der Waals surface area contributed by atoms with E-state index in [1.807, 2.05) is 39.8 Å². The zero-order valence-electron chi connectivity index (χ0n) is 14.4. The number of benzene rings is 1. The number of carboxylic acid groups (broad SMARTS) is 1. The fraction of sp³-hybridized carbons (Fsp3) is 0.278. The Hall–Kier alpha value is -2.41. The van der Waals surface area contributed by atoms with Crippen LogP contribution in [-0.4, -0.2) is 32.5 Å². The molecule has 0 saturated heterocycles. The van der Waals surface area contributed by atoms with Crippen LogP contribution in [0.25, 0.3) is 0 Å². The van der Waals surface area contributed by atoms with E-state index >= 15 is 0 Å². The highest BCUT2D eigenvalue weighted by Gasteiger charge is 2.20. The Bertz CT molecular complexity index is 841. The Morgan fingerprint density at radius 1 is 1.24 bits per heavy atom. The standard InChI is InChI=1S/C18H19BrN2O4/c1-10-5-6-11(9-12(10)19)15(21-25-18(2,3)4)16-14(22)8-7-13(20-16)17(23)24/h5-9,22H,1-4H3,(H,23,24)/b21-15-. The molecule has 25 heavy (non-hydrogen) atoms. The normalized spacial score (nSPS) is 12.1. The molecule has 2 aromatic rings. The van der Waals surface area contributed by atoms with Gasteiger partial charge in [0, 0.05) is 10.0 Å². The van der Waals surface area contributed by atoms with E-state index in [1.54, 1.807) is 6.07 Å². The van der Waals surface area contributed by atoms with Crippen molar-refractivity contribution in [2.45, 2.75) is 33.3 Å². The molecule has 1 aromatic heterocycles. The van der Waals surface area contributed by atoms with Crippen molar-refractivity contribution in [3.8, 4) is 5.75 Å². The molecular weight excluding hydrogens is 388 g/mol. The summed E-state index contributed by atoms with van der Waals surface area (Å²) in [5.74, 6) is -1.37. The molecule has 0 atom stereocenters. The molecule has 2 N–H and O–H groups in total. The lowest BCUT2D eigenvalue weighted by Crippen LogP contribution is -2.18. The number of aromatic nitrogens is 1. The Morgan fingerprint density at radius 2 is 1.92 bits per heavy atom. The molecule has 7 heteroatoms. The summed E-state index contributed by atoms with van der Waals surface area (Å²) in [6, 6.07) is 8.01. The second kappa shape index (κ2) is 7.23. The summed E-state index contributed by atoms with van der Waals surface area (Å²) in [5.41, 5.74) is 1.19. The van der Waals surface area contributed by atoms with E-state index in [2.05, 4.69) is 26.1 Å². The van der Waals surface area contributed by atoms with Crippen LogP contribution in [0, 0.1) is 6.92 Å². The van der Waals surface area contributed by atoms with Gasteiger partial charge in [0.05, 0.1) is 0 Å². The van der Waals surface area contributed by atoms with Crippen LogP contribution in [0.3, 0.4) is 0 Å². The van der Waals surface area contributed by atoms with Crippen molar-refractivity contribution in [2.24, 2.45) is 5.16 Å². The molecule has 0 saturated carbocycles. The Balaban J connectivity index is 2.65. The second-order valence-electron chi connectivity index (χ2n) is 6.48. The summed E-state index contributed by atoms with van der Waals surface area (Å²) >= 11 is 3.46. The summed E-state index contributed by atoms with van der Waals surface area (Å²) in [6.07, 6.45) is 0. The lowest BCUT2D eigenvalue weighted by molar-refractivity contribution is 0.00110. The first-order chi connectivity index (χ1) is 11.6. The van der Waals surface area contributed by atoms with Gasteiger partial charge in [-0.15, -0.1) is 0 Å². The van der Waals surface area contributed by atoms with Gasteiger partial charge in [-0.05, 0) is 51.5 Å². The van der Waals surface area contributed by atoms with Gasteiger partial charge in [0.15, 0.2) is 0 Å². The number of aryl methyl sites for hydroxylation is 1. The number of hydrogen-bond acceptors (Lipinski definition) is 5. The van der Waals surface area contributed by atoms with Crippen molar-refractivity contribution in [1.29, 1.82) is 0 Å². The Labute approximate surface area is 154 Å². The predicted octanol–water partition coefficient (Wildman–Crippen LogP) is 4.12. The molecule has 0 spiro atoms. The van der Waals surface area contributed by atoms with E-state index in [0.717, 1.165) is 10.0 Å².